The zero-order valence-electron chi connectivity index (χ0n) is 7.51. The van der Waals surface area contributed by atoms with Crippen molar-refractivity contribution in [2.45, 2.75) is 0 Å². The van der Waals surface area contributed by atoms with Gasteiger partial charge in [0.15, 0.2) is 0 Å². The van der Waals surface area contributed by atoms with Crippen LogP contribution in [0.25, 0.3) is 0 Å². The van der Waals surface area contributed by atoms with Crippen molar-refractivity contribution in [2.75, 3.05) is 0 Å². The number of aliphatic imine (C=N–C) groups is 2. The first-order valence-corrected chi connectivity index (χ1v) is 4.49. The van der Waals surface area contributed by atoms with Crippen LogP contribution >= 0.6 is 0 Å². The van der Waals surface area contributed by atoms with E-state index in [9.17, 15) is 0 Å². The molecule has 2 N–H and O–H groups in total. The summed E-state index contributed by atoms with van der Waals surface area (Å²) in [5.74, 6) is 0. The molecule has 2 aliphatic carbocycles. The van der Waals surface area contributed by atoms with Gasteiger partial charge in [0.25, 0.3) is 0 Å². The molecule has 3 aliphatic rings. The van der Waals surface area contributed by atoms with Crippen molar-refractivity contribution in [3.63, 3.8) is 0 Å². The predicted octanol–water partition coefficient (Wildman–Crippen LogP) is 1.32. The number of hydrogen-bond donors (Lipinski definition) is 1. The van der Waals surface area contributed by atoms with E-state index >= 15 is 0 Å². The monoisotopic (exact) mass is 183 g/mol. The summed E-state index contributed by atoms with van der Waals surface area (Å²) in [6.07, 6.45) is 13.4. The fourth-order valence-corrected chi connectivity index (χ4v) is 2.05. The Labute approximate surface area is 81.7 Å². The van der Waals surface area contributed by atoms with Gasteiger partial charge in [-0.05, 0) is 18.2 Å². The van der Waals surface area contributed by atoms with Gasteiger partial charge >= 0.3 is 0 Å². The van der Waals surface area contributed by atoms with Gasteiger partial charge in [-0.15, -0.1) is 0 Å². The van der Waals surface area contributed by atoms with Gasteiger partial charge in [0.1, 0.15) is 11.8 Å². The van der Waals surface area contributed by atoms with Crippen molar-refractivity contribution < 1.29 is 0 Å². The Morgan fingerprint density at radius 1 is 1.21 bits per heavy atom. The molecule has 1 spiro atoms. The van der Waals surface area contributed by atoms with E-state index < -0.39 is 0 Å². The molecule has 1 atom stereocenters. The first-order chi connectivity index (χ1) is 6.84. The molecule has 68 valence electrons. The average Bonchev–Trinajstić information content (AvgIpc) is 2.55. The van der Waals surface area contributed by atoms with E-state index in [0.717, 1.165) is 17.1 Å². The molecule has 0 saturated heterocycles. The normalized spacial score (nSPS) is 31.9. The minimum absolute atomic E-state index is 0.372. The van der Waals surface area contributed by atoms with E-state index in [4.69, 9.17) is 5.73 Å². The zero-order valence-corrected chi connectivity index (χ0v) is 7.51. The summed E-state index contributed by atoms with van der Waals surface area (Å²) >= 11 is 0. The van der Waals surface area contributed by atoms with Crippen LogP contribution < -0.4 is 5.73 Å². The molecule has 3 nitrogen and oxygen atoms in total. The molecule has 14 heavy (non-hydrogen) atoms. The third-order valence-corrected chi connectivity index (χ3v) is 2.79. The molecule has 0 aromatic carbocycles. The second-order valence-electron chi connectivity index (χ2n) is 3.46. The van der Waals surface area contributed by atoms with Gasteiger partial charge in [-0.25, -0.2) is 9.98 Å². The third kappa shape index (κ3) is 0.679. The lowest BCUT2D eigenvalue weighted by molar-refractivity contribution is 0.738. The van der Waals surface area contributed by atoms with Crippen molar-refractivity contribution in [3.8, 4) is 0 Å². The van der Waals surface area contributed by atoms with Gasteiger partial charge in [0.2, 0.25) is 0 Å². The molecule has 1 aliphatic heterocycles. The third-order valence-electron chi connectivity index (χ3n) is 2.79. The minimum Gasteiger partial charge on any atom is -0.401 e. The zero-order chi connectivity index (χ0) is 9.60. The van der Waals surface area contributed by atoms with Crippen molar-refractivity contribution in [2.24, 2.45) is 21.1 Å². The minimum atomic E-state index is -0.372. The summed E-state index contributed by atoms with van der Waals surface area (Å²) in [4.78, 5) is 8.51. The lowest BCUT2D eigenvalue weighted by Crippen LogP contribution is -2.36. The van der Waals surface area contributed by atoms with Gasteiger partial charge < -0.3 is 5.73 Å². The SMILES string of the molecule is NC1=CC=C2N=CN=C3C=CC=CC123. The molecule has 0 bridgehead atoms. The van der Waals surface area contributed by atoms with Crippen molar-refractivity contribution >= 4 is 12.1 Å². The first-order valence-electron chi connectivity index (χ1n) is 4.49. The van der Waals surface area contributed by atoms with Crippen LogP contribution in [0, 0.1) is 5.41 Å². The summed E-state index contributed by atoms with van der Waals surface area (Å²) in [7, 11) is 0. The van der Waals surface area contributed by atoms with Crippen molar-refractivity contribution in [3.05, 3.63) is 47.9 Å². The molecule has 0 fully saturated rings. The molecule has 3 heteroatoms. The largest absolute Gasteiger partial charge is 0.401 e. The number of nitrogens with two attached hydrogens (primary N) is 1. The molecule has 0 aromatic heterocycles. The van der Waals surface area contributed by atoms with Crippen LogP contribution in [0.3, 0.4) is 0 Å². The maximum atomic E-state index is 6.00. The van der Waals surface area contributed by atoms with E-state index in [0.29, 0.717) is 0 Å². The highest BCUT2D eigenvalue weighted by atomic mass is 15.0. The maximum Gasteiger partial charge on any atom is 0.116 e. The molecule has 1 heterocycles. The van der Waals surface area contributed by atoms with Crippen LogP contribution in [0.5, 0.6) is 0 Å². The number of rotatable bonds is 0. The summed E-state index contributed by atoms with van der Waals surface area (Å²) in [6.45, 7) is 0. The molecule has 3 rings (SSSR count). The first kappa shape index (κ1) is 7.50. The Kier molecular flexibility index (Phi) is 1.24. The molecular formula is C11H9N3. The smallest absolute Gasteiger partial charge is 0.116 e. The summed E-state index contributed by atoms with van der Waals surface area (Å²) < 4.78 is 0. The molecule has 0 amide bonds. The van der Waals surface area contributed by atoms with Gasteiger partial charge in [0, 0.05) is 5.70 Å². The van der Waals surface area contributed by atoms with Crippen LogP contribution in [-0.2, 0) is 0 Å². The molecular weight excluding hydrogens is 174 g/mol. The topological polar surface area (TPSA) is 50.7 Å². The number of nitrogens with zero attached hydrogens (tertiary/aromatic N) is 2. The fraction of sp³-hybridized carbons (Fsp3) is 0.0909. The van der Waals surface area contributed by atoms with Crippen LogP contribution in [0.2, 0.25) is 0 Å². The maximum absolute atomic E-state index is 6.00. The van der Waals surface area contributed by atoms with Gasteiger partial charge in [-0.2, -0.15) is 0 Å². The van der Waals surface area contributed by atoms with E-state index in [1.54, 1.807) is 6.34 Å². The Balaban J connectivity index is 2.29. The molecule has 0 aromatic rings. The van der Waals surface area contributed by atoms with Crippen LogP contribution in [-0.4, -0.2) is 12.1 Å². The second kappa shape index (κ2) is 2.32. The van der Waals surface area contributed by atoms with Crippen LogP contribution in [0.15, 0.2) is 57.8 Å². The highest BCUT2D eigenvalue weighted by Crippen LogP contribution is 2.44. The van der Waals surface area contributed by atoms with E-state index in [1.807, 2.05) is 36.5 Å². The van der Waals surface area contributed by atoms with E-state index in [-0.39, 0.29) is 5.41 Å². The molecule has 0 radical (unpaired) electrons. The highest BCUT2D eigenvalue weighted by molar-refractivity contribution is 6.11. The Hall–Kier alpha value is -1.90. The average molecular weight is 183 g/mol. The molecule has 0 saturated carbocycles. The lowest BCUT2D eigenvalue weighted by atomic mass is 9.76. The quantitative estimate of drug-likeness (QED) is 0.605. The molecule has 1 unspecified atom stereocenters. The second-order valence-corrected chi connectivity index (χ2v) is 3.46. The van der Waals surface area contributed by atoms with Gasteiger partial charge in [0.05, 0.1) is 11.4 Å². The van der Waals surface area contributed by atoms with E-state index in [2.05, 4.69) is 9.98 Å². The fourth-order valence-electron chi connectivity index (χ4n) is 2.05. The number of hydrogen-bond acceptors (Lipinski definition) is 3. The lowest BCUT2D eigenvalue weighted by Gasteiger charge is -2.32. The van der Waals surface area contributed by atoms with Gasteiger partial charge in [-0.1, -0.05) is 18.2 Å². The van der Waals surface area contributed by atoms with E-state index in [1.165, 1.54) is 0 Å². The summed E-state index contributed by atoms with van der Waals surface area (Å²) in [5.41, 5.74) is 8.34. The highest BCUT2D eigenvalue weighted by Gasteiger charge is 2.43. The van der Waals surface area contributed by atoms with Gasteiger partial charge in [-0.3, -0.25) is 0 Å². The van der Waals surface area contributed by atoms with Crippen molar-refractivity contribution in [1.29, 1.82) is 0 Å². The van der Waals surface area contributed by atoms with Crippen LogP contribution in [0.4, 0.5) is 0 Å². The predicted molar refractivity (Wildman–Crippen MR) is 57.0 cm³/mol. The van der Waals surface area contributed by atoms with Crippen molar-refractivity contribution in [1.82, 2.24) is 0 Å². The summed E-state index contributed by atoms with van der Waals surface area (Å²) in [5, 5.41) is 0. The number of allylic oxidation sites excluding steroid dienone is 5. The van der Waals surface area contributed by atoms with Crippen LogP contribution in [0.1, 0.15) is 0 Å². The Morgan fingerprint density at radius 2 is 2.14 bits per heavy atom. The Morgan fingerprint density at radius 3 is 3.07 bits per heavy atom. The Bertz CT molecular complexity index is 475. The summed E-state index contributed by atoms with van der Waals surface area (Å²) in [6, 6.07) is 0. The standard InChI is InChI=1S/C11H9N3/c12-8-4-5-10-11(8)6-2-1-3-9(11)13-7-14-10/h1-7H,12H2.